The predicted octanol–water partition coefficient (Wildman–Crippen LogP) is 0.238. The van der Waals surface area contributed by atoms with Crippen LogP contribution in [0.25, 0.3) is 0 Å². The van der Waals surface area contributed by atoms with Gasteiger partial charge in [0.1, 0.15) is 0 Å². The van der Waals surface area contributed by atoms with E-state index in [4.69, 9.17) is 4.42 Å². The average Bonchev–Trinajstić information content (AvgIpc) is 2.53. The molecule has 6 heteroatoms. The summed E-state index contributed by atoms with van der Waals surface area (Å²) in [6, 6.07) is 0. The van der Waals surface area contributed by atoms with Crippen LogP contribution in [0, 0.1) is 6.92 Å². The Morgan fingerprint density at radius 3 is 2.86 bits per heavy atom. The zero-order valence-corrected chi connectivity index (χ0v) is 8.75. The Morgan fingerprint density at radius 2 is 2.29 bits per heavy atom. The number of aromatic nitrogens is 2. The molecule has 14 heavy (non-hydrogen) atoms. The van der Waals surface area contributed by atoms with Crippen LogP contribution < -0.4 is 5.32 Å². The normalized spacial score (nSPS) is 27.0. The van der Waals surface area contributed by atoms with Crippen LogP contribution in [0.4, 0.5) is 0 Å². The van der Waals surface area contributed by atoms with E-state index < -0.39 is 6.10 Å². The van der Waals surface area contributed by atoms with Gasteiger partial charge in [0.05, 0.1) is 12.0 Å². The number of nitrogens with one attached hydrogen (secondary N) is 1. The molecule has 1 aliphatic rings. The molecular formula is C8H14ClN3O2. The van der Waals surface area contributed by atoms with Crippen molar-refractivity contribution in [1.82, 2.24) is 15.5 Å². The number of hydrogen-bond donors (Lipinski definition) is 2. The number of hydrogen-bond acceptors (Lipinski definition) is 5. The first-order valence-corrected chi connectivity index (χ1v) is 4.46. The molecule has 0 spiro atoms. The summed E-state index contributed by atoms with van der Waals surface area (Å²) >= 11 is 0. The summed E-state index contributed by atoms with van der Waals surface area (Å²) in [4.78, 5) is 0. The third-order valence-corrected chi connectivity index (χ3v) is 2.31. The van der Waals surface area contributed by atoms with Crippen LogP contribution in [0.15, 0.2) is 4.42 Å². The molecule has 0 aromatic carbocycles. The van der Waals surface area contributed by atoms with E-state index in [1.807, 2.05) is 0 Å². The maximum Gasteiger partial charge on any atom is 0.222 e. The fourth-order valence-electron chi connectivity index (χ4n) is 1.59. The zero-order chi connectivity index (χ0) is 9.26. The third kappa shape index (κ3) is 2.23. The van der Waals surface area contributed by atoms with Gasteiger partial charge < -0.3 is 14.8 Å². The van der Waals surface area contributed by atoms with Crippen LogP contribution in [0.2, 0.25) is 0 Å². The number of aliphatic hydroxyl groups excluding tert-OH is 1. The molecule has 0 aliphatic carbocycles. The van der Waals surface area contributed by atoms with Crippen molar-refractivity contribution in [2.75, 3.05) is 13.1 Å². The van der Waals surface area contributed by atoms with Crippen molar-refractivity contribution in [2.24, 2.45) is 0 Å². The van der Waals surface area contributed by atoms with Gasteiger partial charge in [-0.1, -0.05) is 0 Å². The Balaban J connectivity index is 0.000000980. The SMILES string of the molecule is Cc1nnc(C2CCNCC2O)o1.Cl. The maximum atomic E-state index is 9.64. The van der Waals surface area contributed by atoms with E-state index in [2.05, 4.69) is 15.5 Å². The van der Waals surface area contributed by atoms with Gasteiger partial charge in [0, 0.05) is 13.5 Å². The van der Waals surface area contributed by atoms with Crippen molar-refractivity contribution in [3.05, 3.63) is 11.8 Å². The summed E-state index contributed by atoms with van der Waals surface area (Å²) in [5.41, 5.74) is 0. The molecule has 2 heterocycles. The lowest BCUT2D eigenvalue weighted by atomic mass is 9.95. The number of halogens is 1. The van der Waals surface area contributed by atoms with Crippen LogP contribution in [0.5, 0.6) is 0 Å². The van der Waals surface area contributed by atoms with Gasteiger partial charge in [0.2, 0.25) is 11.8 Å². The molecule has 80 valence electrons. The Hall–Kier alpha value is -0.650. The fourth-order valence-corrected chi connectivity index (χ4v) is 1.59. The summed E-state index contributed by atoms with van der Waals surface area (Å²) in [6.45, 7) is 3.25. The minimum atomic E-state index is -0.409. The van der Waals surface area contributed by atoms with Gasteiger partial charge in [0.25, 0.3) is 0 Å². The van der Waals surface area contributed by atoms with Crippen molar-refractivity contribution in [3.63, 3.8) is 0 Å². The molecule has 1 saturated heterocycles. The summed E-state index contributed by atoms with van der Waals surface area (Å²) in [6.07, 6.45) is 0.441. The van der Waals surface area contributed by atoms with Crippen LogP contribution in [-0.4, -0.2) is 34.5 Å². The highest BCUT2D eigenvalue weighted by molar-refractivity contribution is 5.85. The highest BCUT2D eigenvalue weighted by atomic mass is 35.5. The van der Waals surface area contributed by atoms with Crippen molar-refractivity contribution in [2.45, 2.75) is 25.4 Å². The third-order valence-electron chi connectivity index (χ3n) is 2.31. The molecule has 2 rings (SSSR count). The number of nitrogens with zero attached hydrogens (tertiary/aromatic N) is 2. The van der Waals surface area contributed by atoms with Crippen LogP contribution in [0.1, 0.15) is 24.1 Å². The lowest BCUT2D eigenvalue weighted by molar-refractivity contribution is 0.105. The maximum absolute atomic E-state index is 9.64. The Morgan fingerprint density at radius 1 is 1.50 bits per heavy atom. The van der Waals surface area contributed by atoms with Gasteiger partial charge in [0.15, 0.2) is 0 Å². The first-order chi connectivity index (χ1) is 6.27. The molecule has 1 aromatic heterocycles. The van der Waals surface area contributed by atoms with Crippen molar-refractivity contribution in [3.8, 4) is 0 Å². The van der Waals surface area contributed by atoms with Gasteiger partial charge in [-0.3, -0.25) is 0 Å². The monoisotopic (exact) mass is 219 g/mol. The molecular weight excluding hydrogens is 206 g/mol. The topological polar surface area (TPSA) is 71.2 Å². The second kappa shape index (κ2) is 4.72. The Kier molecular flexibility index (Phi) is 3.86. The van der Waals surface area contributed by atoms with Crippen LogP contribution in [-0.2, 0) is 0 Å². The lowest BCUT2D eigenvalue weighted by Gasteiger charge is -2.25. The number of aliphatic hydroxyl groups is 1. The standard InChI is InChI=1S/C8H13N3O2.ClH/c1-5-10-11-8(13-5)6-2-3-9-4-7(6)12;/h6-7,9,12H,2-4H2,1H3;1H. The fraction of sp³-hybridized carbons (Fsp3) is 0.750. The minimum absolute atomic E-state index is 0. The molecule has 1 aromatic rings. The van der Waals surface area contributed by atoms with Crippen molar-refractivity contribution < 1.29 is 9.52 Å². The molecule has 5 nitrogen and oxygen atoms in total. The molecule has 2 N–H and O–H groups in total. The van der Waals surface area contributed by atoms with E-state index in [9.17, 15) is 5.11 Å². The Bertz CT molecular complexity index is 292. The number of piperidine rings is 1. The largest absolute Gasteiger partial charge is 0.425 e. The molecule has 0 saturated carbocycles. The van der Waals surface area contributed by atoms with E-state index in [1.165, 1.54) is 0 Å². The van der Waals surface area contributed by atoms with Gasteiger partial charge in [-0.2, -0.15) is 0 Å². The first-order valence-electron chi connectivity index (χ1n) is 4.46. The lowest BCUT2D eigenvalue weighted by Crippen LogP contribution is -2.39. The molecule has 2 unspecified atom stereocenters. The Labute approximate surface area is 88.3 Å². The van der Waals surface area contributed by atoms with E-state index in [0.717, 1.165) is 13.0 Å². The molecule has 0 bridgehead atoms. The summed E-state index contributed by atoms with van der Waals surface area (Å²) in [5, 5.41) is 20.4. The van der Waals surface area contributed by atoms with Gasteiger partial charge in [-0.15, -0.1) is 22.6 Å². The first kappa shape index (κ1) is 11.4. The van der Waals surface area contributed by atoms with Gasteiger partial charge >= 0.3 is 0 Å². The van der Waals surface area contributed by atoms with E-state index in [-0.39, 0.29) is 18.3 Å². The quantitative estimate of drug-likeness (QED) is 0.708. The number of β-amino-alcohol motifs (C(OH)–C–C–N with tert-alkyl or cyclic N) is 1. The second-order valence-corrected chi connectivity index (χ2v) is 3.33. The second-order valence-electron chi connectivity index (χ2n) is 3.33. The average molecular weight is 220 g/mol. The smallest absolute Gasteiger partial charge is 0.222 e. The van der Waals surface area contributed by atoms with Crippen molar-refractivity contribution in [1.29, 1.82) is 0 Å². The molecule has 0 radical (unpaired) electrons. The zero-order valence-electron chi connectivity index (χ0n) is 7.93. The molecule has 0 amide bonds. The van der Waals surface area contributed by atoms with E-state index >= 15 is 0 Å². The minimum Gasteiger partial charge on any atom is -0.425 e. The summed E-state index contributed by atoms with van der Waals surface area (Å²) < 4.78 is 5.28. The van der Waals surface area contributed by atoms with E-state index in [1.54, 1.807) is 6.92 Å². The number of rotatable bonds is 1. The van der Waals surface area contributed by atoms with Crippen molar-refractivity contribution >= 4 is 12.4 Å². The van der Waals surface area contributed by atoms with Crippen LogP contribution in [0.3, 0.4) is 0 Å². The highest BCUT2D eigenvalue weighted by Crippen LogP contribution is 2.23. The van der Waals surface area contributed by atoms with E-state index in [0.29, 0.717) is 18.3 Å². The molecule has 2 atom stereocenters. The molecule has 1 aliphatic heterocycles. The van der Waals surface area contributed by atoms with Gasteiger partial charge in [-0.05, 0) is 13.0 Å². The van der Waals surface area contributed by atoms with Crippen LogP contribution >= 0.6 is 12.4 Å². The predicted molar refractivity (Wildman–Crippen MR) is 52.5 cm³/mol. The number of aryl methyl sites for hydroxylation is 1. The summed E-state index contributed by atoms with van der Waals surface area (Å²) in [5.74, 6) is 1.12. The molecule has 1 fully saturated rings. The highest BCUT2D eigenvalue weighted by Gasteiger charge is 2.28. The van der Waals surface area contributed by atoms with Gasteiger partial charge in [-0.25, -0.2) is 0 Å². The summed E-state index contributed by atoms with van der Waals surface area (Å²) in [7, 11) is 0.